The molecule has 23 heavy (non-hydrogen) atoms. The molecule has 2 nitrogen and oxygen atoms in total. The fraction of sp³-hybridized carbons (Fsp3) is 0.316. The minimum absolute atomic E-state index is 0.0719. The molecule has 0 fully saturated rings. The second-order valence-electron chi connectivity index (χ2n) is 5.50. The molecule has 1 amide bonds. The van der Waals surface area contributed by atoms with Crippen LogP contribution in [0.15, 0.2) is 48.5 Å². The molecule has 2 rings (SSSR count). The summed E-state index contributed by atoms with van der Waals surface area (Å²) in [5, 5.41) is 2.93. The predicted octanol–water partition coefficient (Wildman–Crippen LogP) is 4.12. The van der Waals surface area contributed by atoms with E-state index >= 15 is 0 Å². The first-order valence-electron chi connectivity index (χ1n) is 7.78. The van der Waals surface area contributed by atoms with Crippen LogP contribution in [0.4, 0.5) is 4.39 Å². The molecule has 0 spiro atoms. The van der Waals surface area contributed by atoms with E-state index < -0.39 is 0 Å². The minimum atomic E-state index is -0.215. The quantitative estimate of drug-likeness (QED) is 0.737. The van der Waals surface area contributed by atoms with Gasteiger partial charge in [0.15, 0.2) is 0 Å². The van der Waals surface area contributed by atoms with Crippen LogP contribution in [0.5, 0.6) is 0 Å². The van der Waals surface area contributed by atoms with Gasteiger partial charge in [-0.3, -0.25) is 4.79 Å². The highest BCUT2D eigenvalue weighted by atomic mass is 32.2. The molecule has 0 bridgehead atoms. The number of aryl methyl sites for hydroxylation is 2. The van der Waals surface area contributed by atoms with Crippen molar-refractivity contribution < 1.29 is 9.18 Å². The second kappa shape index (κ2) is 9.36. The molecule has 0 aliphatic heterocycles. The highest BCUT2D eigenvalue weighted by molar-refractivity contribution is 7.99. The molecule has 0 unspecified atom stereocenters. The van der Waals surface area contributed by atoms with E-state index in [0.29, 0.717) is 12.3 Å². The Kier molecular flexibility index (Phi) is 7.14. The van der Waals surface area contributed by atoms with Gasteiger partial charge in [0.1, 0.15) is 5.82 Å². The fourth-order valence-electron chi connectivity index (χ4n) is 2.25. The number of nitrogens with one attached hydrogen (secondary N) is 1. The molecule has 1 N–H and O–H groups in total. The first-order valence-corrected chi connectivity index (χ1v) is 8.94. The first-order chi connectivity index (χ1) is 11.1. The third-order valence-corrected chi connectivity index (χ3v) is 4.61. The standard InChI is InChI=1S/C19H22FNOS/c1-15-5-2-3-7-17(15)13-23-14-19(22)21-12-4-6-16-8-10-18(20)11-9-16/h2-3,5,7-11H,4,6,12-14H2,1H3,(H,21,22). The third-order valence-electron chi connectivity index (χ3n) is 3.63. The summed E-state index contributed by atoms with van der Waals surface area (Å²) < 4.78 is 12.8. The summed E-state index contributed by atoms with van der Waals surface area (Å²) in [5.74, 6) is 1.19. The SMILES string of the molecule is Cc1ccccc1CSCC(=O)NCCCc1ccc(F)cc1. The van der Waals surface area contributed by atoms with E-state index in [1.807, 2.05) is 12.1 Å². The van der Waals surface area contributed by atoms with Crippen molar-refractivity contribution in [1.82, 2.24) is 5.32 Å². The van der Waals surface area contributed by atoms with Crippen molar-refractivity contribution in [2.75, 3.05) is 12.3 Å². The topological polar surface area (TPSA) is 29.1 Å². The van der Waals surface area contributed by atoms with Gasteiger partial charge in [-0.1, -0.05) is 36.4 Å². The zero-order chi connectivity index (χ0) is 16.5. The number of rotatable bonds is 8. The Morgan fingerprint density at radius 3 is 2.61 bits per heavy atom. The first kappa shape index (κ1) is 17.5. The van der Waals surface area contributed by atoms with Crippen molar-refractivity contribution in [1.29, 1.82) is 0 Å². The molecule has 0 radical (unpaired) electrons. The van der Waals surface area contributed by atoms with Crippen LogP contribution in [0, 0.1) is 12.7 Å². The maximum absolute atomic E-state index is 12.8. The Labute approximate surface area is 141 Å². The molecule has 0 aliphatic carbocycles. The lowest BCUT2D eigenvalue weighted by Crippen LogP contribution is -2.26. The molecule has 2 aromatic rings. The van der Waals surface area contributed by atoms with Gasteiger partial charge in [0.2, 0.25) is 5.91 Å². The van der Waals surface area contributed by atoms with Crippen molar-refractivity contribution in [2.24, 2.45) is 0 Å². The van der Waals surface area contributed by atoms with E-state index in [-0.39, 0.29) is 11.7 Å². The predicted molar refractivity (Wildman–Crippen MR) is 95.1 cm³/mol. The number of carbonyl (C=O) groups excluding carboxylic acids is 1. The fourth-order valence-corrected chi connectivity index (χ4v) is 3.18. The summed E-state index contributed by atoms with van der Waals surface area (Å²) in [6.07, 6.45) is 1.71. The second-order valence-corrected chi connectivity index (χ2v) is 6.48. The van der Waals surface area contributed by atoms with Gasteiger partial charge in [-0.25, -0.2) is 4.39 Å². The van der Waals surface area contributed by atoms with Gasteiger partial charge in [-0.2, -0.15) is 0 Å². The van der Waals surface area contributed by atoms with Gasteiger partial charge >= 0.3 is 0 Å². The van der Waals surface area contributed by atoms with Crippen LogP contribution in [0.1, 0.15) is 23.1 Å². The molecule has 0 atom stereocenters. The molecule has 0 saturated heterocycles. The highest BCUT2D eigenvalue weighted by Crippen LogP contribution is 2.15. The Morgan fingerprint density at radius 2 is 1.87 bits per heavy atom. The Balaban J connectivity index is 1.58. The number of benzene rings is 2. The summed E-state index contributed by atoms with van der Waals surface area (Å²) in [7, 11) is 0. The Morgan fingerprint density at radius 1 is 1.13 bits per heavy atom. The lowest BCUT2D eigenvalue weighted by molar-refractivity contribution is -0.118. The number of halogens is 1. The summed E-state index contributed by atoms with van der Waals surface area (Å²) >= 11 is 1.63. The Hall–Kier alpha value is -1.81. The average molecular weight is 331 g/mol. The number of thioether (sulfide) groups is 1. The van der Waals surface area contributed by atoms with Crippen LogP contribution in [0.3, 0.4) is 0 Å². The van der Waals surface area contributed by atoms with Crippen molar-refractivity contribution in [2.45, 2.75) is 25.5 Å². The van der Waals surface area contributed by atoms with Crippen molar-refractivity contribution in [3.05, 3.63) is 71.0 Å². The number of amides is 1. The van der Waals surface area contributed by atoms with Crippen molar-refractivity contribution in [3.63, 3.8) is 0 Å². The Bertz CT molecular complexity index is 628. The highest BCUT2D eigenvalue weighted by Gasteiger charge is 2.03. The van der Waals surface area contributed by atoms with Crippen LogP contribution in [0.25, 0.3) is 0 Å². The summed E-state index contributed by atoms with van der Waals surface area (Å²) in [5.41, 5.74) is 3.64. The lowest BCUT2D eigenvalue weighted by Gasteiger charge is -2.07. The van der Waals surface area contributed by atoms with Crippen LogP contribution in [-0.2, 0) is 17.0 Å². The zero-order valence-electron chi connectivity index (χ0n) is 13.3. The smallest absolute Gasteiger partial charge is 0.230 e. The van der Waals surface area contributed by atoms with E-state index in [1.54, 1.807) is 23.9 Å². The van der Waals surface area contributed by atoms with Crippen molar-refractivity contribution in [3.8, 4) is 0 Å². The van der Waals surface area contributed by atoms with Gasteiger partial charge in [0.25, 0.3) is 0 Å². The third kappa shape index (κ3) is 6.45. The number of hydrogen-bond acceptors (Lipinski definition) is 2. The molecule has 0 saturated carbocycles. The number of carbonyl (C=O) groups is 1. The maximum Gasteiger partial charge on any atom is 0.230 e. The molecule has 0 aromatic heterocycles. The van der Waals surface area contributed by atoms with Crippen LogP contribution < -0.4 is 5.32 Å². The van der Waals surface area contributed by atoms with Crippen LogP contribution >= 0.6 is 11.8 Å². The van der Waals surface area contributed by atoms with Crippen LogP contribution in [0.2, 0.25) is 0 Å². The molecule has 122 valence electrons. The van der Waals surface area contributed by atoms with Gasteiger partial charge in [0, 0.05) is 12.3 Å². The number of hydrogen-bond donors (Lipinski definition) is 1. The van der Waals surface area contributed by atoms with E-state index in [4.69, 9.17) is 0 Å². The monoisotopic (exact) mass is 331 g/mol. The molecule has 0 heterocycles. The summed E-state index contributed by atoms with van der Waals surface area (Å²) in [4.78, 5) is 11.8. The van der Waals surface area contributed by atoms with E-state index in [2.05, 4.69) is 24.4 Å². The van der Waals surface area contributed by atoms with Gasteiger partial charge in [-0.05, 0) is 48.6 Å². The molecule has 4 heteroatoms. The van der Waals surface area contributed by atoms with E-state index in [0.717, 1.165) is 24.2 Å². The molecular formula is C19H22FNOS. The minimum Gasteiger partial charge on any atom is -0.355 e. The summed E-state index contributed by atoms with van der Waals surface area (Å²) in [6.45, 7) is 2.74. The molecule has 2 aromatic carbocycles. The largest absolute Gasteiger partial charge is 0.355 e. The van der Waals surface area contributed by atoms with Gasteiger partial charge < -0.3 is 5.32 Å². The zero-order valence-corrected chi connectivity index (χ0v) is 14.2. The van der Waals surface area contributed by atoms with Gasteiger partial charge in [-0.15, -0.1) is 11.8 Å². The van der Waals surface area contributed by atoms with E-state index in [9.17, 15) is 9.18 Å². The molecule has 0 aliphatic rings. The molecular weight excluding hydrogens is 309 g/mol. The summed E-state index contributed by atoms with van der Waals surface area (Å²) in [6, 6.07) is 14.8. The normalized spacial score (nSPS) is 10.5. The maximum atomic E-state index is 12.8. The van der Waals surface area contributed by atoms with Crippen molar-refractivity contribution >= 4 is 17.7 Å². The van der Waals surface area contributed by atoms with Crippen LogP contribution in [-0.4, -0.2) is 18.2 Å². The van der Waals surface area contributed by atoms with E-state index in [1.165, 1.54) is 23.3 Å². The van der Waals surface area contributed by atoms with Gasteiger partial charge in [0.05, 0.1) is 5.75 Å². The lowest BCUT2D eigenvalue weighted by atomic mass is 10.1. The average Bonchev–Trinajstić information content (AvgIpc) is 2.55.